The van der Waals surface area contributed by atoms with Crippen LogP contribution in [0.4, 0.5) is 5.69 Å². The van der Waals surface area contributed by atoms with Gasteiger partial charge in [0.05, 0.1) is 0 Å². The van der Waals surface area contributed by atoms with Crippen molar-refractivity contribution in [3.63, 3.8) is 0 Å². The molecule has 0 aromatic heterocycles. The van der Waals surface area contributed by atoms with Gasteiger partial charge in [-0.1, -0.05) is 39.0 Å². The zero-order valence-electron chi connectivity index (χ0n) is 18.0. The second-order valence-electron chi connectivity index (χ2n) is 7.46. The SMILES string of the molecule is CCC(C)NC(=O)c1ccc(NC(=O)C(C)Oc2ccccc2C(C)CC)cc1. The fourth-order valence-electron chi connectivity index (χ4n) is 2.82. The van der Waals surface area contributed by atoms with Crippen molar-refractivity contribution in [3.05, 3.63) is 59.7 Å². The number of carbonyl (C=O) groups excluding carboxylic acids is 2. The summed E-state index contributed by atoms with van der Waals surface area (Å²) < 4.78 is 5.94. The van der Waals surface area contributed by atoms with Crippen molar-refractivity contribution < 1.29 is 14.3 Å². The maximum Gasteiger partial charge on any atom is 0.265 e. The van der Waals surface area contributed by atoms with Gasteiger partial charge in [0.15, 0.2) is 6.10 Å². The van der Waals surface area contributed by atoms with Gasteiger partial charge in [-0.3, -0.25) is 9.59 Å². The van der Waals surface area contributed by atoms with Gasteiger partial charge in [0, 0.05) is 17.3 Å². The van der Waals surface area contributed by atoms with E-state index in [1.165, 1.54) is 0 Å². The van der Waals surface area contributed by atoms with Crippen molar-refractivity contribution in [2.75, 3.05) is 5.32 Å². The van der Waals surface area contributed by atoms with Crippen LogP contribution in [0.15, 0.2) is 48.5 Å². The lowest BCUT2D eigenvalue weighted by Gasteiger charge is -2.19. The highest BCUT2D eigenvalue weighted by Crippen LogP contribution is 2.29. The first-order valence-corrected chi connectivity index (χ1v) is 10.3. The maximum absolute atomic E-state index is 12.6. The Morgan fingerprint density at radius 1 is 0.931 bits per heavy atom. The van der Waals surface area contributed by atoms with Gasteiger partial charge in [0.25, 0.3) is 11.8 Å². The number of nitrogens with one attached hydrogen (secondary N) is 2. The average molecular weight is 397 g/mol. The standard InChI is InChI=1S/C24H32N2O3/c1-6-16(3)21-10-8-9-11-22(21)29-18(5)23(27)26-20-14-12-19(13-15-20)24(28)25-17(4)7-2/h8-18H,6-7H2,1-5H3,(H,25,28)(H,26,27). The Morgan fingerprint density at radius 3 is 2.21 bits per heavy atom. The molecule has 2 N–H and O–H groups in total. The Morgan fingerprint density at radius 2 is 1.59 bits per heavy atom. The lowest BCUT2D eigenvalue weighted by Crippen LogP contribution is -2.32. The largest absolute Gasteiger partial charge is 0.481 e. The zero-order valence-corrected chi connectivity index (χ0v) is 18.0. The minimum atomic E-state index is -0.645. The second-order valence-corrected chi connectivity index (χ2v) is 7.46. The third kappa shape index (κ3) is 6.34. The number of para-hydroxylation sites is 1. The molecule has 0 aliphatic rings. The topological polar surface area (TPSA) is 67.4 Å². The molecule has 0 spiro atoms. The number of carbonyl (C=O) groups is 2. The van der Waals surface area contributed by atoms with E-state index in [1.807, 2.05) is 38.1 Å². The van der Waals surface area contributed by atoms with Crippen LogP contribution in [0.5, 0.6) is 5.75 Å². The van der Waals surface area contributed by atoms with Crippen molar-refractivity contribution in [1.82, 2.24) is 5.32 Å². The number of hydrogen-bond acceptors (Lipinski definition) is 3. The van der Waals surface area contributed by atoms with Crippen molar-refractivity contribution in [2.45, 2.75) is 65.5 Å². The quantitative estimate of drug-likeness (QED) is 0.617. The fourth-order valence-corrected chi connectivity index (χ4v) is 2.82. The van der Waals surface area contributed by atoms with E-state index >= 15 is 0 Å². The van der Waals surface area contributed by atoms with Crippen LogP contribution in [0.25, 0.3) is 0 Å². The number of hydrogen-bond donors (Lipinski definition) is 2. The summed E-state index contributed by atoms with van der Waals surface area (Å²) in [7, 11) is 0. The van der Waals surface area contributed by atoms with Gasteiger partial charge >= 0.3 is 0 Å². The summed E-state index contributed by atoms with van der Waals surface area (Å²) >= 11 is 0. The summed E-state index contributed by atoms with van der Waals surface area (Å²) in [6.07, 6.45) is 1.23. The van der Waals surface area contributed by atoms with Gasteiger partial charge in [0.2, 0.25) is 0 Å². The molecule has 29 heavy (non-hydrogen) atoms. The van der Waals surface area contributed by atoms with Crippen LogP contribution in [0, 0.1) is 0 Å². The van der Waals surface area contributed by atoms with E-state index in [2.05, 4.69) is 24.5 Å². The molecule has 5 heteroatoms. The molecule has 0 radical (unpaired) electrons. The molecule has 0 bridgehead atoms. The Kier molecular flexibility index (Phi) is 8.25. The highest BCUT2D eigenvalue weighted by atomic mass is 16.5. The van der Waals surface area contributed by atoms with Crippen molar-refractivity contribution in [3.8, 4) is 5.75 Å². The normalized spacial score (nSPS) is 13.8. The number of ether oxygens (including phenoxy) is 1. The Hall–Kier alpha value is -2.82. The number of anilines is 1. The van der Waals surface area contributed by atoms with E-state index in [4.69, 9.17) is 4.74 Å². The first-order chi connectivity index (χ1) is 13.8. The maximum atomic E-state index is 12.6. The van der Waals surface area contributed by atoms with Crippen LogP contribution in [0.2, 0.25) is 0 Å². The van der Waals surface area contributed by atoms with E-state index in [1.54, 1.807) is 31.2 Å². The molecule has 2 aromatic rings. The zero-order chi connectivity index (χ0) is 21.4. The third-order valence-electron chi connectivity index (χ3n) is 5.14. The Labute approximate surface area is 173 Å². The smallest absolute Gasteiger partial charge is 0.265 e. The highest BCUT2D eigenvalue weighted by Gasteiger charge is 2.18. The lowest BCUT2D eigenvalue weighted by atomic mass is 9.98. The van der Waals surface area contributed by atoms with Gasteiger partial charge in [-0.15, -0.1) is 0 Å². The molecular weight excluding hydrogens is 364 g/mol. The molecule has 0 fully saturated rings. The molecule has 0 heterocycles. The van der Waals surface area contributed by atoms with E-state index in [-0.39, 0.29) is 17.9 Å². The van der Waals surface area contributed by atoms with Crippen molar-refractivity contribution in [2.24, 2.45) is 0 Å². The molecule has 0 saturated carbocycles. The molecule has 0 aliphatic heterocycles. The van der Waals surface area contributed by atoms with Gasteiger partial charge in [-0.25, -0.2) is 0 Å². The first kappa shape index (κ1) is 22.5. The molecule has 2 amide bonds. The monoisotopic (exact) mass is 396 g/mol. The van der Waals surface area contributed by atoms with Gasteiger partial charge in [0.1, 0.15) is 5.75 Å². The molecule has 156 valence electrons. The predicted octanol–water partition coefficient (Wildman–Crippen LogP) is 5.13. The summed E-state index contributed by atoms with van der Waals surface area (Å²) in [4.78, 5) is 24.7. The van der Waals surface area contributed by atoms with E-state index < -0.39 is 6.10 Å². The van der Waals surface area contributed by atoms with Crippen LogP contribution in [0.3, 0.4) is 0 Å². The Balaban J connectivity index is 1.99. The minimum absolute atomic E-state index is 0.115. The highest BCUT2D eigenvalue weighted by molar-refractivity contribution is 5.97. The molecule has 0 saturated heterocycles. The molecule has 5 nitrogen and oxygen atoms in total. The fraction of sp³-hybridized carbons (Fsp3) is 0.417. The molecular formula is C24H32N2O3. The van der Waals surface area contributed by atoms with E-state index in [0.29, 0.717) is 17.2 Å². The predicted molar refractivity (Wildman–Crippen MR) is 118 cm³/mol. The minimum Gasteiger partial charge on any atom is -0.481 e. The average Bonchev–Trinajstić information content (AvgIpc) is 2.73. The van der Waals surface area contributed by atoms with Gasteiger partial charge in [-0.05, 0) is 68.5 Å². The van der Waals surface area contributed by atoms with Crippen molar-refractivity contribution in [1.29, 1.82) is 0 Å². The summed E-state index contributed by atoms with van der Waals surface area (Å²) in [5.74, 6) is 0.744. The number of rotatable bonds is 9. The summed E-state index contributed by atoms with van der Waals surface area (Å²) in [6.45, 7) is 9.99. The van der Waals surface area contributed by atoms with Crippen LogP contribution in [-0.4, -0.2) is 24.0 Å². The second kappa shape index (κ2) is 10.6. The lowest BCUT2D eigenvalue weighted by molar-refractivity contribution is -0.122. The number of benzene rings is 2. The molecule has 3 unspecified atom stereocenters. The van der Waals surface area contributed by atoms with E-state index in [9.17, 15) is 9.59 Å². The van der Waals surface area contributed by atoms with Crippen molar-refractivity contribution >= 4 is 17.5 Å². The first-order valence-electron chi connectivity index (χ1n) is 10.3. The molecule has 2 rings (SSSR count). The van der Waals surface area contributed by atoms with Gasteiger partial charge < -0.3 is 15.4 Å². The van der Waals surface area contributed by atoms with Crippen LogP contribution >= 0.6 is 0 Å². The molecule has 3 atom stereocenters. The van der Waals surface area contributed by atoms with Gasteiger partial charge in [-0.2, -0.15) is 0 Å². The molecule has 0 aliphatic carbocycles. The van der Waals surface area contributed by atoms with E-state index in [0.717, 1.165) is 24.2 Å². The number of amides is 2. The summed E-state index contributed by atoms with van der Waals surface area (Å²) in [6, 6.07) is 14.8. The summed E-state index contributed by atoms with van der Waals surface area (Å²) in [5, 5.41) is 5.77. The van der Waals surface area contributed by atoms with Crippen LogP contribution < -0.4 is 15.4 Å². The Bertz CT molecular complexity index is 817. The molecule has 2 aromatic carbocycles. The third-order valence-corrected chi connectivity index (χ3v) is 5.14. The van der Waals surface area contributed by atoms with Crippen LogP contribution in [-0.2, 0) is 4.79 Å². The summed E-state index contributed by atoms with van der Waals surface area (Å²) in [5.41, 5.74) is 2.29. The van der Waals surface area contributed by atoms with Crippen LogP contribution in [0.1, 0.15) is 69.3 Å².